The summed E-state index contributed by atoms with van der Waals surface area (Å²) in [7, 11) is 0. The molecular weight excluding hydrogens is 426 g/mol. The van der Waals surface area contributed by atoms with Gasteiger partial charge in [-0.25, -0.2) is 4.98 Å². The Morgan fingerprint density at radius 3 is 2.90 bits per heavy atom. The van der Waals surface area contributed by atoms with Crippen LogP contribution < -0.4 is 0 Å². The molecule has 0 aliphatic rings. The summed E-state index contributed by atoms with van der Waals surface area (Å²) in [5, 5.41) is 20.4. The van der Waals surface area contributed by atoms with Crippen LogP contribution in [-0.4, -0.2) is 43.9 Å². The summed E-state index contributed by atoms with van der Waals surface area (Å²) in [5.74, 6) is -0.518. The first kappa shape index (κ1) is 21.7. The van der Waals surface area contributed by atoms with Crippen LogP contribution in [0.5, 0.6) is 0 Å². The van der Waals surface area contributed by atoms with E-state index in [2.05, 4.69) is 15.2 Å². The number of carbonyl (C=O) groups excluding carboxylic acids is 2. The molecule has 0 fully saturated rings. The topological polar surface area (TPSA) is 124 Å². The van der Waals surface area contributed by atoms with Crippen LogP contribution in [0.25, 0.3) is 0 Å². The Kier molecular flexibility index (Phi) is 7.37. The fourth-order valence-electron chi connectivity index (χ4n) is 2.60. The van der Waals surface area contributed by atoms with Gasteiger partial charge in [0.1, 0.15) is 23.0 Å². The number of carbonyl (C=O) groups is 2. The molecule has 0 saturated heterocycles. The van der Waals surface area contributed by atoms with Crippen molar-refractivity contribution >= 4 is 34.9 Å². The van der Waals surface area contributed by atoms with Crippen LogP contribution in [0.15, 0.2) is 33.3 Å². The molecular formula is C19H19N5O4S2. The number of Topliss-reactive ketones (excluding diaryl/α,β-unsaturated/α-hetero) is 1. The van der Waals surface area contributed by atoms with Gasteiger partial charge in [0.25, 0.3) is 0 Å². The second kappa shape index (κ2) is 10.2. The van der Waals surface area contributed by atoms with E-state index in [9.17, 15) is 14.9 Å². The molecule has 30 heavy (non-hydrogen) atoms. The number of nitriles is 1. The summed E-state index contributed by atoms with van der Waals surface area (Å²) >= 11 is 2.45. The number of thiazole rings is 1. The maximum absolute atomic E-state index is 12.6. The third-order valence-corrected chi connectivity index (χ3v) is 5.99. The number of rotatable bonds is 10. The molecule has 0 spiro atoms. The fraction of sp³-hybridized carbons (Fsp3) is 0.368. The first-order valence-corrected chi connectivity index (χ1v) is 11.0. The highest BCUT2D eigenvalue weighted by atomic mass is 32.2. The highest BCUT2D eigenvalue weighted by molar-refractivity contribution is 7.99. The van der Waals surface area contributed by atoms with Gasteiger partial charge in [0.2, 0.25) is 0 Å². The zero-order chi connectivity index (χ0) is 21.5. The van der Waals surface area contributed by atoms with E-state index in [0.717, 1.165) is 17.5 Å². The maximum atomic E-state index is 12.6. The van der Waals surface area contributed by atoms with Crippen LogP contribution in [0.2, 0.25) is 0 Å². The zero-order valence-electron chi connectivity index (χ0n) is 16.4. The molecule has 0 aromatic carbocycles. The van der Waals surface area contributed by atoms with Gasteiger partial charge in [-0.2, -0.15) is 5.26 Å². The number of ether oxygens (including phenoxy) is 1. The lowest BCUT2D eigenvalue weighted by Crippen LogP contribution is -2.15. The SMILES string of the molecule is CCOC(=O)Cc1nnc(SCC(=O)[C@H](C#N)c2nc(C)cs2)n1Cc1ccco1. The molecule has 156 valence electrons. The van der Waals surface area contributed by atoms with Gasteiger partial charge in [0.05, 0.1) is 31.2 Å². The summed E-state index contributed by atoms with van der Waals surface area (Å²) in [4.78, 5) is 28.8. The van der Waals surface area contributed by atoms with Crippen LogP contribution in [0.3, 0.4) is 0 Å². The molecule has 3 aromatic heterocycles. The first-order valence-electron chi connectivity index (χ1n) is 9.09. The van der Waals surface area contributed by atoms with E-state index < -0.39 is 11.9 Å². The predicted molar refractivity (Wildman–Crippen MR) is 109 cm³/mol. The van der Waals surface area contributed by atoms with Crippen molar-refractivity contribution in [2.45, 2.75) is 37.9 Å². The van der Waals surface area contributed by atoms with Gasteiger partial charge < -0.3 is 9.15 Å². The predicted octanol–water partition coefficient (Wildman–Crippen LogP) is 2.76. The molecule has 0 amide bonds. The van der Waals surface area contributed by atoms with E-state index in [1.54, 1.807) is 29.9 Å². The molecule has 0 bridgehead atoms. The maximum Gasteiger partial charge on any atom is 0.313 e. The lowest BCUT2D eigenvalue weighted by atomic mass is 10.1. The zero-order valence-corrected chi connectivity index (χ0v) is 18.0. The molecule has 0 aliphatic heterocycles. The van der Waals surface area contributed by atoms with E-state index in [-0.39, 0.29) is 24.6 Å². The average Bonchev–Trinajstić information content (AvgIpc) is 3.45. The molecule has 11 heteroatoms. The number of esters is 1. The van der Waals surface area contributed by atoms with Gasteiger partial charge >= 0.3 is 5.97 Å². The van der Waals surface area contributed by atoms with Crippen molar-refractivity contribution in [1.29, 1.82) is 5.26 Å². The standard InChI is InChI=1S/C19H19N5O4S2/c1-3-27-17(26)7-16-22-23-19(24(16)9-13-5-4-6-28-13)30-11-15(25)14(8-20)18-21-12(2)10-29-18/h4-6,10,14H,3,7,9,11H2,1-2H3/t14-/m0/s1. The minimum absolute atomic E-state index is 0.0204. The summed E-state index contributed by atoms with van der Waals surface area (Å²) in [6.07, 6.45) is 1.50. The largest absolute Gasteiger partial charge is 0.467 e. The molecule has 3 heterocycles. The first-order chi connectivity index (χ1) is 14.5. The van der Waals surface area contributed by atoms with E-state index in [4.69, 9.17) is 9.15 Å². The number of nitrogens with zero attached hydrogens (tertiary/aromatic N) is 5. The minimum Gasteiger partial charge on any atom is -0.467 e. The van der Waals surface area contributed by atoms with Crippen molar-refractivity contribution in [1.82, 2.24) is 19.7 Å². The smallest absolute Gasteiger partial charge is 0.313 e. The van der Waals surface area contributed by atoms with Crippen molar-refractivity contribution in [3.63, 3.8) is 0 Å². The van der Waals surface area contributed by atoms with E-state index in [0.29, 0.717) is 28.3 Å². The van der Waals surface area contributed by atoms with Crippen molar-refractivity contribution in [2.24, 2.45) is 0 Å². The Morgan fingerprint density at radius 2 is 2.27 bits per heavy atom. The minimum atomic E-state index is -0.920. The summed E-state index contributed by atoms with van der Waals surface area (Å²) in [6.45, 7) is 4.12. The number of hydrogen-bond donors (Lipinski definition) is 0. The third kappa shape index (κ3) is 5.34. The van der Waals surface area contributed by atoms with E-state index in [1.807, 2.05) is 18.4 Å². The van der Waals surface area contributed by atoms with Gasteiger partial charge in [-0.05, 0) is 26.0 Å². The molecule has 1 atom stereocenters. The molecule has 0 aliphatic carbocycles. The molecule has 9 nitrogen and oxygen atoms in total. The molecule has 0 N–H and O–H groups in total. The van der Waals surface area contributed by atoms with E-state index >= 15 is 0 Å². The van der Waals surface area contributed by atoms with Crippen LogP contribution in [-0.2, 0) is 27.3 Å². The summed E-state index contributed by atoms with van der Waals surface area (Å²) in [5.41, 5.74) is 0.775. The van der Waals surface area contributed by atoms with Crippen molar-refractivity contribution in [3.05, 3.63) is 46.1 Å². The number of aryl methyl sites for hydroxylation is 1. The second-order valence-electron chi connectivity index (χ2n) is 6.19. The van der Waals surface area contributed by atoms with Crippen molar-refractivity contribution in [2.75, 3.05) is 12.4 Å². The lowest BCUT2D eigenvalue weighted by molar-refractivity contribution is -0.142. The third-order valence-electron chi connectivity index (χ3n) is 3.97. The fourth-order valence-corrected chi connectivity index (χ4v) is 4.33. The van der Waals surface area contributed by atoms with Crippen LogP contribution in [0, 0.1) is 18.3 Å². The van der Waals surface area contributed by atoms with Gasteiger partial charge in [-0.15, -0.1) is 21.5 Å². The highest BCUT2D eigenvalue weighted by Gasteiger charge is 2.25. The van der Waals surface area contributed by atoms with Gasteiger partial charge in [0.15, 0.2) is 16.9 Å². The normalized spacial score (nSPS) is 11.8. The monoisotopic (exact) mass is 445 g/mol. The van der Waals surface area contributed by atoms with Gasteiger partial charge in [0, 0.05) is 11.1 Å². The number of aromatic nitrogens is 4. The average molecular weight is 446 g/mol. The molecule has 0 saturated carbocycles. The van der Waals surface area contributed by atoms with Gasteiger partial charge in [-0.1, -0.05) is 11.8 Å². The summed E-state index contributed by atoms with van der Waals surface area (Å²) in [6, 6.07) is 5.58. The number of thioether (sulfide) groups is 1. The Balaban J connectivity index is 1.75. The van der Waals surface area contributed by atoms with Crippen molar-refractivity contribution < 1.29 is 18.7 Å². The lowest BCUT2D eigenvalue weighted by Gasteiger charge is -2.09. The van der Waals surface area contributed by atoms with Gasteiger partial charge in [-0.3, -0.25) is 14.2 Å². The van der Waals surface area contributed by atoms with Crippen molar-refractivity contribution in [3.8, 4) is 6.07 Å². The number of furan rings is 1. The summed E-state index contributed by atoms with van der Waals surface area (Å²) < 4.78 is 12.1. The molecule has 3 aromatic rings. The Hall–Kier alpha value is -2.97. The molecule has 0 radical (unpaired) electrons. The molecule has 0 unspecified atom stereocenters. The number of hydrogen-bond acceptors (Lipinski definition) is 10. The van der Waals surface area contributed by atoms with E-state index in [1.165, 1.54) is 11.3 Å². The highest BCUT2D eigenvalue weighted by Crippen LogP contribution is 2.25. The quantitative estimate of drug-likeness (QED) is 0.342. The Labute approximate surface area is 181 Å². The molecule has 3 rings (SSSR count). The van der Waals surface area contributed by atoms with Crippen LogP contribution >= 0.6 is 23.1 Å². The number of ketones is 1. The van der Waals surface area contributed by atoms with Crippen LogP contribution in [0.4, 0.5) is 0 Å². The Bertz CT molecular complexity index is 1050. The second-order valence-corrected chi connectivity index (χ2v) is 8.02. The van der Waals surface area contributed by atoms with Crippen LogP contribution in [0.1, 0.15) is 35.1 Å². The Morgan fingerprint density at radius 1 is 1.43 bits per heavy atom.